The quantitative estimate of drug-likeness (QED) is 0.640. The van der Waals surface area contributed by atoms with Crippen LogP contribution in [0.4, 0.5) is 5.69 Å². The molecule has 2 N–H and O–H groups in total. The fourth-order valence-electron chi connectivity index (χ4n) is 1.69. The first-order valence-corrected chi connectivity index (χ1v) is 7.01. The van der Waals surface area contributed by atoms with E-state index in [-0.39, 0.29) is 11.6 Å². The molecule has 0 aliphatic heterocycles. The van der Waals surface area contributed by atoms with Gasteiger partial charge < -0.3 is 15.2 Å². The number of carbonyl (C=O) groups is 1. The van der Waals surface area contributed by atoms with Crippen LogP contribution in [0.3, 0.4) is 0 Å². The van der Waals surface area contributed by atoms with Gasteiger partial charge >= 0.3 is 5.97 Å². The predicted molar refractivity (Wildman–Crippen MR) is 80.7 cm³/mol. The monoisotopic (exact) mass is 279 g/mol. The van der Waals surface area contributed by atoms with Crippen molar-refractivity contribution in [2.24, 2.45) is 0 Å². The van der Waals surface area contributed by atoms with Crippen LogP contribution in [-0.2, 0) is 16.1 Å². The Kier molecular flexibility index (Phi) is 5.57. The maximum absolute atomic E-state index is 11.8. The number of benzene rings is 1. The Morgan fingerprint density at radius 1 is 1.30 bits per heavy atom. The van der Waals surface area contributed by atoms with Gasteiger partial charge in [0.05, 0.1) is 24.4 Å². The van der Waals surface area contributed by atoms with Crippen molar-refractivity contribution in [2.75, 3.05) is 12.3 Å². The first-order chi connectivity index (χ1) is 9.32. The highest BCUT2D eigenvalue weighted by Crippen LogP contribution is 2.24. The molecule has 4 nitrogen and oxygen atoms in total. The topological polar surface area (TPSA) is 61.5 Å². The molecule has 0 unspecified atom stereocenters. The first kappa shape index (κ1) is 16.5. The Morgan fingerprint density at radius 3 is 2.50 bits per heavy atom. The van der Waals surface area contributed by atoms with E-state index in [1.54, 1.807) is 13.0 Å². The number of hydrogen-bond acceptors (Lipinski definition) is 4. The number of nitrogen functional groups attached to an aromatic ring is 1. The number of ether oxygens (including phenoxy) is 2. The van der Waals surface area contributed by atoms with E-state index in [2.05, 4.69) is 20.8 Å². The molecule has 0 radical (unpaired) electrons. The van der Waals surface area contributed by atoms with Gasteiger partial charge in [-0.1, -0.05) is 13.0 Å². The summed E-state index contributed by atoms with van der Waals surface area (Å²) in [6.45, 7) is 10.7. The smallest absolute Gasteiger partial charge is 0.340 e. The summed E-state index contributed by atoms with van der Waals surface area (Å²) >= 11 is 0. The van der Waals surface area contributed by atoms with Crippen LogP contribution in [0.2, 0.25) is 0 Å². The van der Waals surface area contributed by atoms with E-state index >= 15 is 0 Å². The van der Waals surface area contributed by atoms with E-state index in [1.165, 1.54) is 0 Å². The molecular weight excluding hydrogens is 254 g/mol. The van der Waals surface area contributed by atoms with E-state index in [9.17, 15) is 4.79 Å². The largest absolute Gasteiger partial charge is 0.462 e. The molecule has 0 aliphatic rings. The lowest BCUT2D eigenvalue weighted by Crippen LogP contribution is -2.23. The maximum atomic E-state index is 11.8. The minimum absolute atomic E-state index is 0.166. The molecule has 0 saturated carbocycles. The highest BCUT2D eigenvalue weighted by atomic mass is 16.5. The summed E-state index contributed by atoms with van der Waals surface area (Å²) in [6, 6.07) is 3.58. The molecule has 0 heterocycles. The van der Waals surface area contributed by atoms with Crippen LogP contribution in [0.5, 0.6) is 0 Å². The highest BCUT2D eigenvalue weighted by Gasteiger charge is 2.18. The Balaban J connectivity index is 2.92. The van der Waals surface area contributed by atoms with Gasteiger partial charge in [0.1, 0.15) is 0 Å². The van der Waals surface area contributed by atoms with Crippen molar-refractivity contribution in [3.8, 4) is 0 Å². The number of hydrogen-bond donors (Lipinski definition) is 1. The molecule has 1 aromatic rings. The lowest BCUT2D eigenvalue weighted by molar-refractivity contribution is -0.0318. The van der Waals surface area contributed by atoms with Crippen molar-refractivity contribution in [3.63, 3.8) is 0 Å². The summed E-state index contributed by atoms with van der Waals surface area (Å²) in [5.74, 6) is -0.380. The number of esters is 1. The molecule has 20 heavy (non-hydrogen) atoms. The van der Waals surface area contributed by atoms with Crippen LogP contribution in [0.15, 0.2) is 12.1 Å². The molecule has 0 bridgehead atoms. The van der Waals surface area contributed by atoms with E-state index in [0.717, 1.165) is 17.5 Å². The summed E-state index contributed by atoms with van der Waals surface area (Å²) < 4.78 is 10.9. The molecule has 112 valence electrons. The second-order valence-corrected chi connectivity index (χ2v) is 5.43. The van der Waals surface area contributed by atoms with E-state index < -0.39 is 0 Å². The fraction of sp³-hybridized carbons (Fsp3) is 0.562. The maximum Gasteiger partial charge on any atom is 0.340 e. The van der Waals surface area contributed by atoms with Crippen molar-refractivity contribution in [2.45, 2.75) is 53.2 Å². The molecule has 0 saturated heterocycles. The Morgan fingerprint density at radius 2 is 1.95 bits per heavy atom. The number of anilines is 1. The normalized spacial score (nSPS) is 11.4. The third-order valence-corrected chi connectivity index (χ3v) is 3.59. The van der Waals surface area contributed by atoms with Gasteiger partial charge in [0, 0.05) is 5.69 Å². The standard InChI is InChI=1S/C16H25NO3/c1-6-16(4,5)20-10-12-8-9-13(14(17)11(12)3)15(18)19-7-2/h8-9H,6-7,10,17H2,1-5H3. The van der Waals surface area contributed by atoms with E-state index in [4.69, 9.17) is 15.2 Å². The van der Waals surface area contributed by atoms with Gasteiger partial charge in [-0.2, -0.15) is 0 Å². The van der Waals surface area contributed by atoms with Crippen LogP contribution in [0, 0.1) is 6.92 Å². The average Bonchev–Trinajstić information content (AvgIpc) is 2.40. The zero-order chi connectivity index (χ0) is 15.3. The molecule has 0 amide bonds. The van der Waals surface area contributed by atoms with Crippen LogP contribution in [-0.4, -0.2) is 18.2 Å². The Bertz CT molecular complexity index is 481. The fourth-order valence-corrected chi connectivity index (χ4v) is 1.69. The van der Waals surface area contributed by atoms with Crippen molar-refractivity contribution in [1.29, 1.82) is 0 Å². The molecule has 0 aliphatic carbocycles. The van der Waals surface area contributed by atoms with Crippen LogP contribution >= 0.6 is 0 Å². The molecule has 0 aromatic heterocycles. The first-order valence-electron chi connectivity index (χ1n) is 7.01. The van der Waals surface area contributed by atoms with Gasteiger partial charge in [0.15, 0.2) is 0 Å². The third kappa shape index (κ3) is 3.97. The van der Waals surface area contributed by atoms with Crippen LogP contribution < -0.4 is 5.73 Å². The van der Waals surface area contributed by atoms with Gasteiger partial charge in [0.25, 0.3) is 0 Å². The van der Waals surface area contributed by atoms with Gasteiger partial charge in [0.2, 0.25) is 0 Å². The summed E-state index contributed by atoms with van der Waals surface area (Å²) in [5.41, 5.74) is 8.63. The third-order valence-electron chi connectivity index (χ3n) is 3.59. The van der Waals surface area contributed by atoms with Gasteiger partial charge in [-0.15, -0.1) is 0 Å². The lowest BCUT2D eigenvalue weighted by Gasteiger charge is -2.24. The summed E-state index contributed by atoms with van der Waals surface area (Å²) in [6.07, 6.45) is 0.933. The second-order valence-electron chi connectivity index (χ2n) is 5.43. The molecule has 4 heteroatoms. The van der Waals surface area contributed by atoms with Crippen molar-refractivity contribution < 1.29 is 14.3 Å². The summed E-state index contributed by atoms with van der Waals surface area (Å²) in [4.78, 5) is 11.8. The van der Waals surface area contributed by atoms with Crippen molar-refractivity contribution >= 4 is 11.7 Å². The van der Waals surface area contributed by atoms with Crippen molar-refractivity contribution in [3.05, 3.63) is 28.8 Å². The van der Waals surface area contributed by atoms with Gasteiger partial charge in [-0.3, -0.25) is 0 Å². The molecule has 1 aromatic carbocycles. The van der Waals surface area contributed by atoms with Crippen molar-refractivity contribution in [1.82, 2.24) is 0 Å². The second kappa shape index (κ2) is 6.75. The number of rotatable bonds is 6. The molecule has 0 fully saturated rings. The number of carbonyl (C=O) groups excluding carboxylic acids is 1. The Labute approximate surface area is 121 Å². The van der Waals surface area contributed by atoms with Gasteiger partial charge in [-0.25, -0.2) is 4.79 Å². The van der Waals surface area contributed by atoms with E-state index in [1.807, 2.05) is 13.0 Å². The molecular formula is C16H25NO3. The predicted octanol–water partition coefficient (Wildman–Crippen LogP) is 3.46. The minimum atomic E-state index is -0.380. The van der Waals surface area contributed by atoms with Crippen LogP contribution in [0.1, 0.15) is 55.6 Å². The molecule has 0 spiro atoms. The van der Waals surface area contributed by atoms with Gasteiger partial charge in [-0.05, 0) is 51.3 Å². The molecule has 1 rings (SSSR count). The summed E-state index contributed by atoms with van der Waals surface area (Å²) in [5, 5.41) is 0. The average molecular weight is 279 g/mol. The highest BCUT2D eigenvalue weighted by molar-refractivity contribution is 5.96. The summed E-state index contributed by atoms with van der Waals surface area (Å²) in [7, 11) is 0. The zero-order valence-corrected chi connectivity index (χ0v) is 13.1. The minimum Gasteiger partial charge on any atom is -0.462 e. The lowest BCUT2D eigenvalue weighted by atomic mass is 10.0. The number of nitrogens with two attached hydrogens (primary N) is 1. The van der Waals surface area contributed by atoms with Crippen LogP contribution in [0.25, 0.3) is 0 Å². The molecule has 0 atom stereocenters. The SMILES string of the molecule is CCOC(=O)c1ccc(COC(C)(C)CC)c(C)c1N. The zero-order valence-electron chi connectivity index (χ0n) is 13.1. The van der Waals surface area contributed by atoms with E-state index in [0.29, 0.717) is 24.5 Å². The Hall–Kier alpha value is -1.55.